The van der Waals surface area contributed by atoms with Gasteiger partial charge in [-0.15, -0.1) is 16.4 Å². The zero-order chi connectivity index (χ0) is 25.0. The molecule has 2 aromatic carbocycles. The Morgan fingerprint density at radius 2 is 1.91 bits per heavy atom. The number of sulfonamides is 1. The van der Waals surface area contributed by atoms with Crippen molar-refractivity contribution in [2.45, 2.75) is 23.2 Å². The zero-order valence-corrected chi connectivity index (χ0v) is 19.6. The number of aromatic nitrogens is 3. The highest BCUT2D eigenvalue weighted by molar-refractivity contribution is 7.91. The fourth-order valence-electron chi connectivity index (χ4n) is 3.29. The lowest BCUT2D eigenvalue weighted by Gasteiger charge is -2.15. The maximum absolute atomic E-state index is 13.7. The van der Waals surface area contributed by atoms with E-state index in [2.05, 4.69) is 15.0 Å². The molecule has 0 saturated heterocycles. The second kappa shape index (κ2) is 10.3. The van der Waals surface area contributed by atoms with Crippen molar-refractivity contribution in [3.63, 3.8) is 0 Å². The summed E-state index contributed by atoms with van der Waals surface area (Å²) in [6.45, 7) is -0.192. The Morgan fingerprint density at radius 1 is 1.14 bits per heavy atom. The smallest absolute Gasteiger partial charge is 0.268 e. The number of thiophene rings is 1. The molecule has 0 saturated carbocycles. The number of rotatable bonds is 9. The first-order valence-electron chi connectivity index (χ1n) is 10.2. The van der Waals surface area contributed by atoms with Gasteiger partial charge in [0.05, 0.1) is 18.4 Å². The van der Waals surface area contributed by atoms with Crippen LogP contribution in [0.4, 0.5) is 4.39 Å². The van der Waals surface area contributed by atoms with E-state index >= 15 is 0 Å². The molecule has 35 heavy (non-hydrogen) atoms. The molecule has 2 aromatic heterocycles. The molecule has 0 spiro atoms. The van der Waals surface area contributed by atoms with E-state index in [1.165, 1.54) is 23.8 Å². The van der Waals surface area contributed by atoms with E-state index < -0.39 is 33.5 Å². The van der Waals surface area contributed by atoms with E-state index in [1.807, 2.05) is 30.3 Å². The molecule has 4 rings (SSSR count). The standard InChI is InChI=1S/C22H20FN5O5S2/c23-17-10-14(6-7-19(17)29)11-18(22(30)26-31)28-13-16(25-27-28)12-24-35(32,33)21-9-8-20(34-21)15-4-2-1-3-5-15/h1-10,13,18,24,29,31H,11-12H2,(H,26,30)/t18-/m0/s1. The van der Waals surface area contributed by atoms with Gasteiger partial charge in [-0.1, -0.05) is 41.6 Å². The second-order valence-corrected chi connectivity index (χ2v) is 10.6. The molecule has 182 valence electrons. The van der Waals surface area contributed by atoms with E-state index in [-0.39, 0.29) is 22.9 Å². The number of nitrogens with one attached hydrogen (secondary N) is 2. The van der Waals surface area contributed by atoms with E-state index in [1.54, 1.807) is 6.07 Å². The molecule has 0 fully saturated rings. The quantitative estimate of drug-likeness (QED) is 0.197. The predicted octanol–water partition coefficient (Wildman–Crippen LogP) is 2.62. The first kappa shape index (κ1) is 24.5. The Morgan fingerprint density at radius 3 is 2.63 bits per heavy atom. The summed E-state index contributed by atoms with van der Waals surface area (Å²) < 4.78 is 42.9. The maximum Gasteiger partial charge on any atom is 0.268 e. The van der Waals surface area contributed by atoms with Crippen LogP contribution in [0, 0.1) is 5.82 Å². The zero-order valence-electron chi connectivity index (χ0n) is 18.0. The van der Waals surface area contributed by atoms with Gasteiger partial charge < -0.3 is 5.11 Å². The largest absolute Gasteiger partial charge is 0.505 e. The number of phenolic OH excluding ortho intramolecular Hbond substituents is 1. The molecule has 2 heterocycles. The summed E-state index contributed by atoms with van der Waals surface area (Å²) in [6.07, 6.45) is 1.28. The first-order valence-corrected chi connectivity index (χ1v) is 12.5. The fraction of sp³-hybridized carbons (Fsp3) is 0.136. The molecule has 0 aliphatic carbocycles. The lowest BCUT2D eigenvalue weighted by molar-refractivity contribution is -0.133. The SMILES string of the molecule is O=C(NO)[C@H](Cc1ccc(O)c(F)c1)n1cc(CNS(=O)(=O)c2ccc(-c3ccccc3)s2)nn1. The van der Waals surface area contributed by atoms with Crippen LogP contribution in [0.25, 0.3) is 10.4 Å². The Hall–Kier alpha value is -3.65. The van der Waals surface area contributed by atoms with Crippen molar-refractivity contribution in [1.82, 2.24) is 25.2 Å². The molecular formula is C22H20FN5O5S2. The average molecular weight is 518 g/mol. The summed E-state index contributed by atoms with van der Waals surface area (Å²) >= 11 is 1.13. The topological polar surface area (TPSA) is 146 Å². The van der Waals surface area contributed by atoms with Crippen LogP contribution in [0.1, 0.15) is 17.3 Å². The van der Waals surface area contributed by atoms with Gasteiger partial charge >= 0.3 is 0 Å². The Labute approximate surface area is 203 Å². The van der Waals surface area contributed by atoms with Crippen molar-refractivity contribution in [3.8, 4) is 16.2 Å². The highest BCUT2D eigenvalue weighted by Crippen LogP contribution is 2.30. The number of hydroxylamine groups is 1. The molecule has 4 aromatic rings. The Kier molecular flexibility index (Phi) is 7.21. The number of carbonyl (C=O) groups excluding carboxylic acids is 1. The molecule has 1 atom stereocenters. The third kappa shape index (κ3) is 5.71. The van der Waals surface area contributed by atoms with Crippen LogP contribution in [0.2, 0.25) is 0 Å². The number of benzene rings is 2. The van der Waals surface area contributed by atoms with Crippen molar-refractivity contribution in [2.24, 2.45) is 0 Å². The minimum absolute atomic E-state index is 0.0738. The number of hydrogen-bond acceptors (Lipinski definition) is 8. The third-order valence-corrected chi connectivity index (χ3v) is 8.11. The molecule has 0 bridgehead atoms. The summed E-state index contributed by atoms with van der Waals surface area (Å²) in [4.78, 5) is 13.0. The minimum Gasteiger partial charge on any atom is -0.505 e. The number of aromatic hydroxyl groups is 1. The number of hydrogen-bond donors (Lipinski definition) is 4. The Balaban J connectivity index is 1.46. The molecule has 1 amide bonds. The van der Waals surface area contributed by atoms with Gasteiger partial charge in [-0.25, -0.2) is 27.7 Å². The van der Waals surface area contributed by atoms with Gasteiger partial charge in [-0.3, -0.25) is 10.0 Å². The van der Waals surface area contributed by atoms with E-state index in [4.69, 9.17) is 5.21 Å². The number of phenols is 1. The van der Waals surface area contributed by atoms with Crippen LogP contribution in [0.3, 0.4) is 0 Å². The summed E-state index contributed by atoms with van der Waals surface area (Å²) in [5.41, 5.74) is 3.02. The molecule has 10 nitrogen and oxygen atoms in total. The fourth-order valence-corrected chi connectivity index (χ4v) is 5.65. The number of halogens is 1. The van der Waals surface area contributed by atoms with Crippen molar-refractivity contribution < 1.29 is 27.9 Å². The van der Waals surface area contributed by atoms with Gasteiger partial charge in [-0.2, -0.15) is 0 Å². The van der Waals surface area contributed by atoms with Gasteiger partial charge in [0.2, 0.25) is 10.0 Å². The van der Waals surface area contributed by atoms with Crippen molar-refractivity contribution >= 4 is 27.3 Å². The first-order chi connectivity index (χ1) is 16.8. The van der Waals surface area contributed by atoms with Crippen LogP contribution >= 0.6 is 11.3 Å². The van der Waals surface area contributed by atoms with Crippen molar-refractivity contribution in [1.29, 1.82) is 0 Å². The molecular weight excluding hydrogens is 497 g/mol. The van der Waals surface area contributed by atoms with Gasteiger partial charge in [0.1, 0.15) is 10.3 Å². The van der Waals surface area contributed by atoms with Gasteiger partial charge in [0.15, 0.2) is 11.6 Å². The van der Waals surface area contributed by atoms with Gasteiger partial charge in [0, 0.05) is 11.3 Å². The number of carbonyl (C=O) groups is 1. The van der Waals surface area contributed by atoms with Crippen LogP contribution in [0.15, 0.2) is 71.1 Å². The highest BCUT2D eigenvalue weighted by atomic mass is 32.2. The molecule has 13 heteroatoms. The third-order valence-electron chi connectivity index (χ3n) is 5.08. The predicted molar refractivity (Wildman–Crippen MR) is 125 cm³/mol. The van der Waals surface area contributed by atoms with Crippen LogP contribution in [-0.4, -0.2) is 39.6 Å². The van der Waals surface area contributed by atoms with E-state index in [0.717, 1.165) is 38.6 Å². The normalized spacial score (nSPS) is 12.4. The van der Waals surface area contributed by atoms with Gasteiger partial charge in [0.25, 0.3) is 5.91 Å². The van der Waals surface area contributed by atoms with Crippen LogP contribution < -0.4 is 10.2 Å². The summed E-state index contributed by atoms with van der Waals surface area (Å²) in [5, 5.41) is 26.2. The monoisotopic (exact) mass is 517 g/mol. The summed E-state index contributed by atoms with van der Waals surface area (Å²) in [7, 11) is -3.83. The molecule has 0 aliphatic heterocycles. The van der Waals surface area contributed by atoms with E-state index in [9.17, 15) is 22.7 Å². The van der Waals surface area contributed by atoms with Crippen molar-refractivity contribution in [2.75, 3.05) is 0 Å². The maximum atomic E-state index is 13.7. The lowest BCUT2D eigenvalue weighted by Crippen LogP contribution is -2.32. The van der Waals surface area contributed by atoms with Gasteiger partial charge in [-0.05, 0) is 35.4 Å². The Bertz CT molecular complexity index is 1440. The molecule has 4 N–H and O–H groups in total. The summed E-state index contributed by atoms with van der Waals surface area (Å²) in [6, 6.07) is 15.2. The molecule has 0 radical (unpaired) electrons. The minimum atomic E-state index is -3.83. The van der Waals surface area contributed by atoms with Crippen molar-refractivity contribution in [3.05, 3.63) is 83.9 Å². The number of nitrogens with zero attached hydrogens (tertiary/aromatic N) is 3. The van der Waals surface area contributed by atoms with Crippen LogP contribution in [0.5, 0.6) is 5.75 Å². The molecule has 0 unspecified atom stereocenters. The number of amides is 1. The lowest BCUT2D eigenvalue weighted by atomic mass is 10.1. The average Bonchev–Trinajstić information content (AvgIpc) is 3.54. The van der Waals surface area contributed by atoms with Crippen LogP contribution in [-0.2, 0) is 27.8 Å². The highest BCUT2D eigenvalue weighted by Gasteiger charge is 2.24. The second-order valence-electron chi connectivity index (χ2n) is 7.48. The molecule has 0 aliphatic rings. The summed E-state index contributed by atoms with van der Waals surface area (Å²) in [5.74, 6) is -2.22. The van der Waals surface area contributed by atoms with E-state index in [0.29, 0.717) is 5.56 Å².